The lowest BCUT2D eigenvalue weighted by Gasteiger charge is -2.31. The molecule has 1 atom stereocenters. The molecule has 3 nitrogen and oxygen atoms in total. The van der Waals surface area contributed by atoms with Crippen molar-refractivity contribution in [3.8, 4) is 0 Å². The number of anilines is 1. The largest absolute Gasteiger partial charge is 0.480 e. The van der Waals surface area contributed by atoms with Crippen LogP contribution in [0.3, 0.4) is 0 Å². The highest BCUT2D eigenvalue weighted by atomic mass is 79.9. The third-order valence-corrected chi connectivity index (χ3v) is 3.38. The second kappa shape index (κ2) is 4.87. The van der Waals surface area contributed by atoms with Gasteiger partial charge in [0.15, 0.2) is 0 Å². The molecule has 1 rings (SSSR count). The van der Waals surface area contributed by atoms with Gasteiger partial charge < -0.3 is 10.4 Å². The molecule has 0 bridgehead atoms. The number of rotatable bonds is 4. The molecule has 0 spiro atoms. The van der Waals surface area contributed by atoms with E-state index < -0.39 is 11.5 Å². The Morgan fingerprint density at radius 3 is 2.25 bits per heavy atom. The summed E-state index contributed by atoms with van der Waals surface area (Å²) in [7, 11) is 0. The van der Waals surface area contributed by atoms with Gasteiger partial charge >= 0.3 is 5.97 Å². The fourth-order valence-electron chi connectivity index (χ4n) is 1.28. The monoisotopic (exact) mass is 285 g/mol. The second-order valence-electron chi connectivity index (χ2n) is 4.29. The Balaban J connectivity index is 2.93. The van der Waals surface area contributed by atoms with E-state index in [9.17, 15) is 9.90 Å². The first-order valence-electron chi connectivity index (χ1n) is 5.13. The molecule has 16 heavy (non-hydrogen) atoms. The number of hydrogen-bond acceptors (Lipinski definition) is 2. The molecule has 88 valence electrons. The van der Waals surface area contributed by atoms with Crippen molar-refractivity contribution in [3.05, 3.63) is 28.7 Å². The van der Waals surface area contributed by atoms with Crippen LogP contribution in [0.5, 0.6) is 0 Å². The van der Waals surface area contributed by atoms with E-state index in [1.807, 2.05) is 38.1 Å². The zero-order chi connectivity index (χ0) is 12.3. The first-order valence-corrected chi connectivity index (χ1v) is 5.92. The molecule has 0 aliphatic rings. The minimum atomic E-state index is -0.951. The first kappa shape index (κ1) is 13.0. The molecule has 1 unspecified atom stereocenters. The fourth-order valence-corrected chi connectivity index (χ4v) is 1.54. The molecule has 1 aromatic carbocycles. The zero-order valence-corrected chi connectivity index (χ0v) is 11.2. The molecule has 0 saturated carbocycles. The van der Waals surface area contributed by atoms with Gasteiger partial charge in [-0.2, -0.15) is 0 Å². The Morgan fingerprint density at radius 2 is 1.88 bits per heavy atom. The number of nitrogens with one attached hydrogen (secondary N) is 1. The average Bonchev–Trinajstić information content (AvgIpc) is 2.20. The van der Waals surface area contributed by atoms with Gasteiger partial charge in [-0.05, 0) is 37.1 Å². The maximum Gasteiger partial charge on any atom is 0.329 e. The smallest absolute Gasteiger partial charge is 0.329 e. The fraction of sp³-hybridized carbons (Fsp3) is 0.417. The van der Waals surface area contributed by atoms with Gasteiger partial charge in [-0.3, -0.25) is 0 Å². The Bertz CT molecular complexity index is 375. The highest BCUT2D eigenvalue weighted by molar-refractivity contribution is 9.10. The summed E-state index contributed by atoms with van der Waals surface area (Å²) in [5, 5.41) is 12.3. The van der Waals surface area contributed by atoms with Crippen LogP contribution in [0.1, 0.15) is 20.8 Å². The van der Waals surface area contributed by atoms with Crippen molar-refractivity contribution >= 4 is 27.6 Å². The van der Waals surface area contributed by atoms with Crippen LogP contribution in [0.4, 0.5) is 5.69 Å². The molecule has 2 N–H and O–H groups in total. The number of carbonyl (C=O) groups is 1. The quantitative estimate of drug-likeness (QED) is 0.892. The van der Waals surface area contributed by atoms with Gasteiger partial charge in [-0.1, -0.05) is 29.8 Å². The number of halogens is 1. The summed E-state index contributed by atoms with van der Waals surface area (Å²) >= 11 is 3.34. The molecule has 0 aliphatic carbocycles. The van der Waals surface area contributed by atoms with Gasteiger partial charge in [0.25, 0.3) is 0 Å². The Hall–Kier alpha value is -1.03. The van der Waals surface area contributed by atoms with E-state index >= 15 is 0 Å². The minimum absolute atomic E-state index is 0.00588. The number of carboxylic acid groups (broad SMARTS) is 1. The summed E-state index contributed by atoms with van der Waals surface area (Å²) in [6.07, 6.45) is 0. The third-order valence-electron chi connectivity index (χ3n) is 2.85. The van der Waals surface area contributed by atoms with Gasteiger partial charge in [0.05, 0.1) is 0 Å². The van der Waals surface area contributed by atoms with Crippen LogP contribution in [0.15, 0.2) is 28.7 Å². The Kier molecular flexibility index (Phi) is 3.97. The summed E-state index contributed by atoms with van der Waals surface area (Å²) < 4.78 is 0.972. The van der Waals surface area contributed by atoms with Crippen LogP contribution < -0.4 is 5.32 Å². The van der Waals surface area contributed by atoms with E-state index in [-0.39, 0.29) is 5.92 Å². The van der Waals surface area contributed by atoms with Crippen LogP contribution >= 0.6 is 15.9 Å². The third kappa shape index (κ3) is 2.76. The number of aliphatic carboxylic acids is 1. The van der Waals surface area contributed by atoms with Gasteiger partial charge in [0.2, 0.25) is 0 Å². The normalized spacial score (nSPS) is 14.6. The van der Waals surface area contributed by atoms with Crippen LogP contribution in [-0.4, -0.2) is 16.6 Å². The maximum atomic E-state index is 11.3. The summed E-state index contributed by atoms with van der Waals surface area (Å²) in [5.74, 6) is -0.848. The zero-order valence-electron chi connectivity index (χ0n) is 9.62. The van der Waals surface area contributed by atoms with Crippen molar-refractivity contribution in [2.24, 2.45) is 5.92 Å². The second-order valence-corrected chi connectivity index (χ2v) is 5.21. The lowest BCUT2D eigenvalue weighted by molar-refractivity contribution is -0.143. The van der Waals surface area contributed by atoms with E-state index in [1.165, 1.54) is 0 Å². The molecular weight excluding hydrogens is 270 g/mol. The molecule has 0 fully saturated rings. The van der Waals surface area contributed by atoms with Crippen molar-refractivity contribution in [1.82, 2.24) is 0 Å². The molecule has 0 heterocycles. The van der Waals surface area contributed by atoms with Crippen LogP contribution in [0.2, 0.25) is 0 Å². The molecule has 1 aromatic rings. The summed E-state index contributed by atoms with van der Waals surface area (Å²) in [5.41, 5.74) is -0.143. The van der Waals surface area contributed by atoms with Crippen LogP contribution in [0.25, 0.3) is 0 Å². The predicted octanol–water partition coefficient (Wildman–Crippen LogP) is 3.36. The van der Waals surface area contributed by atoms with Gasteiger partial charge in [-0.15, -0.1) is 0 Å². The lowest BCUT2D eigenvalue weighted by Crippen LogP contribution is -2.48. The van der Waals surface area contributed by atoms with E-state index in [4.69, 9.17) is 0 Å². The standard InChI is InChI=1S/C12H16BrNO2/c1-8(2)12(3,11(15)16)14-10-6-4-9(13)5-7-10/h4-8,14H,1-3H3,(H,15,16). The topological polar surface area (TPSA) is 49.3 Å². The lowest BCUT2D eigenvalue weighted by atomic mass is 9.88. The SMILES string of the molecule is CC(C)C(C)(Nc1ccc(Br)cc1)C(=O)O. The van der Waals surface area contributed by atoms with Crippen molar-refractivity contribution < 1.29 is 9.90 Å². The van der Waals surface area contributed by atoms with Crippen molar-refractivity contribution in [3.63, 3.8) is 0 Å². The molecule has 0 radical (unpaired) electrons. The molecule has 0 amide bonds. The van der Waals surface area contributed by atoms with E-state index in [0.29, 0.717) is 0 Å². The highest BCUT2D eigenvalue weighted by Crippen LogP contribution is 2.24. The van der Waals surface area contributed by atoms with Gasteiger partial charge in [0, 0.05) is 10.2 Å². The number of benzene rings is 1. The van der Waals surface area contributed by atoms with Crippen molar-refractivity contribution in [1.29, 1.82) is 0 Å². The van der Waals surface area contributed by atoms with Gasteiger partial charge in [-0.25, -0.2) is 4.79 Å². The van der Waals surface area contributed by atoms with E-state index in [2.05, 4.69) is 21.2 Å². The van der Waals surface area contributed by atoms with E-state index in [0.717, 1.165) is 10.2 Å². The highest BCUT2D eigenvalue weighted by Gasteiger charge is 2.36. The van der Waals surface area contributed by atoms with Crippen LogP contribution in [0, 0.1) is 5.92 Å². The van der Waals surface area contributed by atoms with Crippen molar-refractivity contribution in [2.45, 2.75) is 26.3 Å². The molecular formula is C12H16BrNO2. The molecule has 0 aromatic heterocycles. The Labute approximate surface area is 104 Å². The minimum Gasteiger partial charge on any atom is -0.480 e. The summed E-state index contributed by atoms with van der Waals surface area (Å²) in [6.45, 7) is 5.47. The molecule has 0 saturated heterocycles. The Morgan fingerprint density at radius 1 is 1.38 bits per heavy atom. The first-order chi connectivity index (χ1) is 7.36. The number of carboxylic acids is 1. The summed E-state index contributed by atoms with van der Waals surface area (Å²) in [4.78, 5) is 11.3. The maximum absolute atomic E-state index is 11.3. The summed E-state index contributed by atoms with van der Waals surface area (Å²) in [6, 6.07) is 7.47. The van der Waals surface area contributed by atoms with Crippen LogP contribution in [-0.2, 0) is 4.79 Å². The number of hydrogen-bond donors (Lipinski definition) is 2. The molecule has 0 aliphatic heterocycles. The van der Waals surface area contributed by atoms with E-state index in [1.54, 1.807) is 6.92 Å². The van der Waals surface area contributed by atoms with Crippen molar-refractivity contribution in [2.75, 3.05) is 5.32 Å². The average molecular weight is 286 g/mol. The molecule has 4 heteroatoms. The van der Waals surface area contributed by atoms with Gasteiger partial charge in [0.1, 0.15) is 5.54 Å². The predicted molar refractivity (Wildman–Crippen MR) is 68.6 cm³/mol.